The summed E-state index contributed by atoms with van der Waals surface area (Å²) in [6.07, 6.45) is 4.07. The minimum atomic E-state index is -0.869. The highest BCUT2D eigenvalue weighted by molar-refractivity contribution is 6.09. The van der Waals surface area contributed by atoms with Crippen LogP contribution in [0.1, 0.15) is 54.2 Å². The summed E-state index contributed by atoms with van der Waals surface area (Å²) < 4.78 is 4.83. The molecule has 5 rings (SSSR count). The number of imide groups is 1. The summed E-state index contributed by atoms with van der Waals surface area (Å²) in [6, 6.07) is 4.84. The number of nitrogens with zero attached hydrogens (tertiary/aromatic N) is 2. The van der Waals surface area contributed by atoms with Gasteiger partial charge in [0.05, 0.1) is 12.7 Å². The van der Waals surface area contributed by atoms with E-state index in [-0.39, 0.29) is 24.3 Å². The Morgan fingerprint density at radius 3 is 2.82 bits per heavy atom. The molecule has 0 unspecified atom stereocenters. The molecule has 33 heavy (non-hydrogen) atoms. The van der Waals surface area contributed by atoms with Crippen molar-refractivity contribution in [3.8, 4) is 0 Å². The zero-order valence-corrected chi connectivity index (χ0v) is 18.9. The Balaban J connectivity index is 1.35. The molecule has 174 valence electrons. The number of esters is 1. The van der Waals surface area contributed by atoms with Crippen molar-refractivity contribution in [2.24, 2.45) is 5.92 Å². The second kappa shape index (κ2) is 7.90. The minimum absolute atomic E-state index is 0.0515. The lowest BCUT2D eigenvalue weighted by atomic mass is 9.73. The summed E-state index contributed by atoms with van der Waals surface area (Å²) in [5, 5.41) is 3.77. The molecule has 1 aromatic heterocycles. The zero-order valence-electron chi connectivity index (χ0n) is 18.9. The van der Waals surface area contributed by atoms with Crippen LogP contribution in [-0.2, 0) is 27.3 Å². The van der Waals surface area contributed by atoms with Crippen LogP contribution in [0.15, 0.2) is 18.2 Å². The number of aromatic amines is 1. The van der Waals surface area contributed by atoms with Gasteiger partial charge in [-0.25, -0.2) is 9.59 Å². The molecule has 1 aliphatic carbocycles. The third kappa shape index (κ3) is 3.37. The van der Waals surface area contributed by atoms with E-state index in [0.717, 1.165) is 46.3 Å². The summed E-state index contributed by atoms with van der Waals surface area (Å²) in [5.74, 6) is -0.903. The molecule has 2 aliphatic heterocycles. The summed E-state index contributed by atoms with van der Waals surface area (Å²) in [4.78, 5) is 57.1. The van der Waals surface area contributed by atoms with Crippen molar-refractivity contribution in [1.82, 2.24) is 20.1 Å². The Bertz CT molecular complexity index is 1170. The number of carbonyl (C=O) groups excluding carboxylic acids is 4. The Labute approximate surface area is 191 Å². The Morgan fingerprint density at radius 1 is 1.24 bits per heavy atom. The Morgan fingerprint density at radius 2 is 2.06 bits per heavy atom. The van der Waals surface area contributed by atoms with E-state index in [9.17, 15) is 19.2 Å². The number of ether oxygens (including phenoxy) is 1. The number of rotatable bonds is 3. The van der Waals surface area contributed by atoms with Gasteiger partial charge in [-0.2, -0.15) is 0 Å². The SMILES string of the molecule is COC(=O)c1ccc2[nH]c3c(c2c1)CN(C(=O)CN1C(=O)N[C@]2(CCCC[C@H]2C)C1=O)CC3. The van der Waals surface area contributed by atoms with Crippen LogP contribution in [0.5, 0.6) is 0 Å². The van der Waals surface area contributed by atoms with Crippen LogP contribution in [0.2, 0.25) is 0 Å². The van der Waals surface area contributed by atoms with Gasteiger partial charge >= 0.3 is 12.0 Å². The number of hydrogen-bond acceptors (Lipinski definition) is 5. The summed E-state index contributed by atoms with van der Waals surface area (Å²) in [7, 11) is 1.34. The van der Waals surface area contributed by atoms with Crippen LogP contribution in [0.3, 0.4) is 0 Å². The molecule has 9 nitrogen and oxygen atoms in total. The van der Waals surface area contributed by atoms with Gasteiger partial charge in [0.1, 0.15) is 12.1 Å². The van der Waals surface area contributed by atoms with Gasteiger partial charge in [0, 0.05) is 41.7 Å². The zero-order chi connectivity index (χ0) is 23.3. The first kappa shape index (κ1) is 21.5. The number of H-pyrrole nitrogens is 1. The van der Waals surface area contributed by atoms with Crippen LogP contribution in [-0.4, -0.2) is 64.3 Å². The van der Waals surface area contributed by atoms with Gasteiger partial charge in [0.15, 0.2) is 0 Å². The predicted octanol–water partition coefficient (Wildman–Crippen LogP) is 2.34. The van der Waals surface area contributed by atoms with Crippen molar-refractivity contribution in [3.05, 3.63) is 35.0 Å². The van der Waals surface area contributed by atoms with Crippen molar-refractivity contribution in [3.63, 3.8) is 0 Å². The third-order valence-corrected chi connectivity index (χ3v) is 7.54. The number of methoxy groups -OCH3 is 1. The maximum atomic E-state index is 13.2. The fourth-order valence-corrected chi connectivity index (χ4v) is 5.55. The smallest absolute Gasteiger partial charge is 0.337 e. The van der Waals surface area contributed by atoms with E-state index in [1.807, 2.05) is 13.0 Å². The van der Waals surface area contributed by atoms with Crippen molar-refractivity contribution in [2.75, 3.05) is 20.2 Å². The van der Waals surface area contributed by atoms with Gasteiger partial charge in [0.25, 0.3) is 5.91 Å². The van der Waals surface area contributed by atoms with Crippen LogP contribution < -0.4 is 5.32 Å². The van der Waals surface area contributed by atoms with Crippen LogP contribution in [0, 0.1) is 5.92 Å². The number of carbonyl (C=O) groups is 4. The van der Waals surface area contributed by atoms with Crippen molar-refractivity contribution >= 4 is 34.7 Å². The van der Waals surface area contributed by atoms with Gasteiger partial charge in [0.2, 0.25) is 5.91 Å². The fraction of sp³-hybridized carbons (Fsp3) is 0.500. The normalized spacial score (nSPS) is 24.8. The number of fused-ring (bicyclic) bond motifs is 3. The average molecular weight is 453 g/mol. The third-order valence-electron chi connectivity index (χ3n) is 7.54. The van der Waals surface area contributed by atoms with Crippen LogP contribution in [0.4, 0.5) is 4.79 Å². The largest absolute Gasteiger partial charge is 0.465 e. The quantitative estimate of drug-likeness (QED) is 0.548. The molecule has 4 amide bonds. The molecule has 2 fully saturated rings. The molecule has 1 aromatic carbocycles. The van der Waals surface area contributed by atoms with E-state index in [0.29, 0.717) is 31.5 Å². The molecule has 0 bridgehead atoms. The average Bonchev–Trinajstić information content (AvgIpc) is 3.30. The summed E-state index contributed by atoms with van der Waals surface area (Å²) in [5.41, 5.74) is 2.45. The number of urea groups is 1. The van der Waals surface area contributed by atoms with E-state index in [4.69, 9.17) is 4.74 Å². The number of benzene rings is 1. The standard InChI is InChI=1S/C24H28N4O5/c1-14-5-3-4-9-24(14)22(31)28(23(32)26-24)13-20(29)27-10-8-19-17(12-27)16-11-15(21(30)33-2)6-7-18(16)25-19/h6-7,11,14,25H,3-5,8-10,12-13H2,1-2H3,(H,26,32)/t14-,24+/m1/s1. The minimum Gasteiger partial charge on any atom is -0.465 e. The van der Waals surface area contributed by atoms with Gasteiger partial charge in [-0.1, -0.05) is 19.8 Å². The molecule has 3 aliphatic rings. The first-order valence-electron chi connectivity index (χ1n) is 11.5. The van der Waals surface area contributed by atoms with Crippen molar-refractivity contribution < 1.29 is 23.9 Å². The van der Waals surface area contributed by atoms with Crippen LogP contribution in [0.25, 0.3) is 10.9 Å². The number of hydrogen-bond donors (Lipinski definition) is 2. The maximum Gasteiger partial charge on any atom is 0.337 e. The number of aromatic nitrogens is 1. The van der Waals surface area contributed by atoms with E-state index in [1.54, 1.807) is 17.0 Å². The molecule has 0 radical (unpaired) electrons. The molecule has 2 atom stereocenters. The predicted molar refractivity (Wildman–Crippen MR) is 119 cm³/mol. The topological polar surface area (TPSA) is 112 Å². The summed E-state index contributed by atoms with van der Waals surface area (Å²) in [6.45, 7) is 2.58. The number of amides is 4. The Hall–Kier alpha value is -3.36. The van der Waals surface area contributed by atoms with Crippen molar-refractivity contribution in [2.45, 2.75) is 51.1 Å². The monoisotopic (exact) mass is 452 g/mol. The van der Waals surface area contributed by atoms with Gasteiger partial charge in [-0.3, -0.25) is 14.5 Å². The van der Waals surface area contributed by atoms with E-state index in [2.05, 4.69) is 10.3 Å². The van der Waals surface area contributed by atoms with Crippen molar-refractivity contribution in [1.29, 1.82) is 0 Å². The van der Waals surface area contributed by atoms with E-state index in [1.165, 1.54) is 7.11 Å². The van der Waals surface area contributed by atoms with Gasteiger partial charge < -0.3 is 19.9 Å². The molecule has 1 saturated heterocycles. The molecule has 1 spiro atoms. The lowest BCUT2D eigenvalue weighted by Crippen LogP contribution is -2.54. The first-order chi connectivity index (χ1) is 15.8. The second-order valence-corrected chi connectivity index (χ2v) is 9.34. The highest BCUT2D eigenvalue weighted by Gasteiger charge is 2.55. The molecule has 9 heteroatoms. The van der Waals surface area contributed by atoms with E-state index >= 15 is 0 Å². The molecule has 2 aromatic rings. The lowest BCUT2D eigenvalue weighted by molar-refractivity contribution is -0.141. The molecular weight excluding hydrogens is 424 g/mol. The Kier molecular flexibility index (Phi) is 5.14. The van der Waals surface area contributed by atoms with Gasteiger partial charge in [-0.05, 0) is 37.0 Å². The van der Waals surface area contributed by atoms with E-state index < -0.39 is 17.5 Å². The first-order valence-corrected chi connectivity index (χ1v) is 11.5. The highest BCUT2D eigenvalue weighted by Crippen LogP contribution is 2.38. The molecule has 3 heterocycles. The summed E-state index contributed by atoms with van der Waals surface area (Å²) >= 11 is 0. The molecule has 1 saturated carbocycles. The highest BCUT2D eigenvalue weighted by atomic mass is 16.5. The fourth-order valence-electron chi connectivity index (χ4n) is 5.55. The molecule has 2 N–H and O–H groups in total. The number of nitrogens with one attached hydrogen (secondary N) is 2. The van der Waals surface area contributed by atoms with Crippen LogP contribution >= 0.6 is 0 Å². The van der Waals surface area contributed by atoms with Gasteiger partial charge in [-0.15, -0.1) is 0 Å². The second-order valence-electron chi connectivity index (χ2n) is 9.34. The lowest BCUT2D eigenvalue weighted by Gasteiger charge is -2.37. The maximum absolute atomic E-state index is 13.2. The molecular formula is C24H28N4O5.